The van der Waals surface area contributed by atoms with Crippen LogP contribution >= 0.6 is 0 Å². The van der Waals surface area contributed by atoms with Crippen molar-refractivity contribution >= 4 is 27.5 Å². The fraction of sp³-hybridized carbons (Fsp3) is 0.310. The second-order valence-corrected chi connectivity index (χ2v) is 11.1. The first-order chi connectivity index (χ1) is 18.6. The molecule has 0 radical (unpaired) electrons. The number of ether oxygens (including phenoxy) is 1. The first-order valence-electron chi connectivity index (χ1n) is 12.6. The van der Waals surface area contributed by atoms with E-state index in [4.69, 9.17) is 4.74 Å². The van der Waals surface area contributed by atoms with Gasteiger partial charge >= 0.3 is 0 Å². The molecule has 1 atom stereocenters. The average Bonchev–Trinajstić information content (AvgIpc) is 2.93. The minimum absolute atomic E-state index is 0.00366. The van der Waals surface area contributed by atoms with E-state index >= 15 is 0 Å². The molecule has 0 aromatic heterocycles. The molecule has 208 valence electrons. The Morgan fingerprint density at radius 2 is 1.59 bits per heavy atom. The fourth-order valence-electron chi connectivity index (χ4n) is 3.83. The molecule has 1 N–H and O–H groups in total. The van der Waals surface area contributed by atoms with Gasteiger partial charge in [0.1, 0.15) is 30.8 Å². The van der Waals surface area contributed by atoms with Crippen LogP contribution in [0.15, 0.2) is 78.9 Å². The highest BCUT2D eigenvalue weighted by Gasteiger charge is 2.30. The molecule has 0 heterocycles. The van der Waals surface area contributed by atoms with Gasteiger partial charge in [-0.1, -0.05) is 49.4 Å². The van der Waals surface area contributed by atoms with Crippen molar-refractivity contribution in [2.45, 2.75) is 39.5 Å². The maximum absolute atomic E-state index is 13.5. The lowest BCUT2D eigenvalue weighted by Crippen LogP contribution is -2.51. The number of carbonyl (C=O) groups excluding carboxylic acids is 2. The number of benzene rings is 3. The Morgan fingerprint density at radius 1 is 0.949 bits per heavy atom. The highest BCUT2D eigenvalue weighted by Crippen LogP contribution is 2.23. The number of nitrogens with zero attached hydrogens (tertiary/aromatic N) is 2. The van der Waals surface area contributed by atoms with Gasteiger partial charge in [-0.25, -0.2) is 12.8 Å². The summed E-state index contributed by atoms with van der Waals surface area (Å²) in [6.07, 6.45) is 1.74. The van der Waals surface area contributed by atoms with Crippen LogP contribution in [-0.2, 0) is 32.8 Å². The van der Waals surface area contributed by atoms with Crippen molar-refractivity contribution in [1.29, 1.82) is 0 Å². The third-order valence-corrected chi connectivity index (χ3v) is 7.18. The van der Waals surface area contributed by atoms with Crippen molar-refractivity contribution in [2.75, 3.05) is 23.7 Å². The zero-order valence-electron chi connectivity index (χ0n) is 22.3. The van der Waals surface area contributed by atoms with Crippen LogP contribution in [0.2, 0.25) is 0 Å². The Kier molecular flexibility index (Phi) is 10.4. The van der Waals surface area contributed by atoms with Crippen LogP contribution in [0.1, 0.15) is 31.4 Å². The molecule has 0 aliphatic carbocycles. The Hall–Kier alpha value is -3.92. The normalized spacial score (nSPS) is 11.9. The molecule has 0 bridgehead atoms. The molecule has 0 aliphatic rings. The molecule has 8 nitrogen and oxygen atoms in total. The maximum Gasteiger partial charge on any atom is 0.244 e. The summed E-state index contributed by atoms with van der Waals surface area (Å²) < 4.78 is 45.7. The van der Waals surface area contributed by atoms with Gasteiger partial charge in [-0.05, 0) is 60.9 Å². The second-order valence-electron chi connectivity index (χ2n) is 9.15. The molecular formula is C29H34FN3O5S. The minimum Gasteiger partial charge on any atom is -0.489 e. The van der Waals surface area contributed by atoms with Crippen molar-refractivity contribution in [3.05, 3.63) is 95.8 Å². The molecule has 0 fully saturated rings. The third kappa shape index (κ3) is 8.81. The Morgan fingerprint density at radius 3 is 2.18 bits per heavy atom. The molecule has 3 aromatic rings. The molecule has 0 spiro atoms. The lowest BCUT2D eigenvalue weighted by atomic mass is 10.1. The molecule has 0 saturated carbocycles. The van der Waals surface area contributed by atoms with Gasteiger partial charge in [0.15, 0.2) is 0 Å². The highest BCUT2D eigenvalue weighted by atomic mass is 32.2. The summed E-state index contributed by atoms with van der Waals surface area (Å²) in [6, 6.07) is 20.7. The maximum atomic E-state index is 13.5. The largest absolute Gasteiger partial charge is 0.489 e. The molecule has 39 heavy (non-hydrogen) atoms. The first-order valence-corrected chi connectivity index (χ1v) is 14.5. The quantitative estimate of drug-likeness (QED) is 0.343. The number of hydrogen-bond donors (Lipinski definition) is 1. The van der Waals surface area contributed by atoms with E-state index < -0.39 is 34.3 Å². The number of halogens is 1. The monoisotopic (exact) mass is 555 g/mol. The summed E-state index contributed by atoms with van der Waals surface area (Å²) in [5.41, 5.74) is 1.87. The SMILES string of the molecule is CCCNC(=O)[C@@H](C)N(Cc1ccc(F)cc1)C(=O)CN(c1ccc(OCc2ccccc2)cc1)S(C)(=O)=O. The number of nitrogens with one attached hydrogen (secondary N) is 1. The van der Waals surface area contributed by atoms with Crippen molar-refractivity contribution in [2.24, 2.45) is 0 Å². The Bertz CT molecular complexity index is 1330. The van der Waals surface area contributed by atoms with E-state index in [2.05, 4.69) is 5.32 Å². The van der Waals surface area contributed by atoms with Gasteiger partial charge in [-0.3, -0.25) is 13.9 Å². The minimum atomic E-state index is -3.86. The van der Waals surface area contributed by atoms with Crippen LogP contribution in [0.3, 0.4) is 0 Å². The van der Waals surface area contributed by atoms with Crippen LogP contribution in [0.5, 0.6) is 5.75 Å². The molecular weight excluding hydrogens is 521 g/mol. The van der Waals surface area contributed by atoms with Crippen molar-refractivity contribution in [3.63, 3.8) is 0 Å². The van der Waals surface area contributed by atoms with Crippen LogP contribution in [0.25, 0.3) is 0 Å². The number of anilines is 1. The lowest BCUT2D eigenvalue weighted by molar-refractivity contribution is -0.139. The van der Waals surface area contributed by atoms with Gasteiger partial charge in [0.25, 0.3) is 0 Å². The van der Waals surface area contributed by atoms with Gasteiger partial charge < -0.3 is 15.0 Å². The van der Waals surface area contributed by atoms with Crippen molar-refractivity contribution in [1.82, 2.24) is 10.2 Å². The van der Waals surface area contributed by atoms with E-state index in [1.165, 1.54) is 29.2 Å². The smallest absolute Gasteiger partial charge is 0.244 e. The Balaban J connectivity index is 1.80. The van der Waals surface area contributed by atoms with Crippen LogP contribution in [0.4, 0.5) is 10.1 Å². The van der Waals surface area contributed by atoms with Gasteiger partial charge in [0, 0.05) is 13.1 Å². The molecule has 0 aliphatic heterocycles. The van der Waals surface area contributed by atoms with Crippen LogP contribution in [-0.4, -0.2) is 50.5 Å². The lowest BCUT2D eigenvalue weighted by Gasteiger charge is -2.31. The van der Waals surface area contributed by atoms with E-state index in [9.17, 15) is 22.4 Å². The number of carbonyl (C=O) groups is 2. The molecule has 0 saturated heterocycles. The van der Waals surface area contributed by atoms with E-state index in [0.29, 0.717) is 24.5 Å². The first kappa shape index (κ1) is 29.6. The third-order valence-electron chi connectivity index (χ3n) is 6.03. The van der Waals surface area contributed by atoms with Gasteiger partial charge in [0.2, 0.25) is 21.8 Å². The number of amides is 2. The molecule has 0 unspecified atom stereocenters. The number of sulfonamides is 1. The van der Waals surface area contributed by atoms with Crippen molar-refractivity contribution in [3.8, 4) is 5.75 Å². The molecule has 10 heteroatoms. The zero-order valence-corrected chi connectivity index (χ0v) is 23.2. The summed E-state index contributed by atoms with van der Waals surface area (Å²) in [5.74, 6) is -0.821. The van der Waals surface area contributed by atoms with E-state index in [-0.39, 0.29) is 18.1 Å². The standard InChI is InChI=1S/C29H34FN3O5S/c1-4-18-31-29(35)22(2)32(19-23-10-12-25(30)13-11-23)28(34)20-33(39(3,36)37)26-14-16-27(17-15-26)38-21-24-8-6-5-7-9-24/h5-17,22H,4,18-21H2,1-3H3,(H,31,35)/t22-/m1/s1. The second kappa shape index (κ2) is 13.7. The predicted octanol–water partition coefficient (Wildman–Crippen LogP) is 4.11. The summed E-state index contributed by atoms with van der Waals surface area (Å²) in [7, 11) is -3.86. The summed E-state index contributed by atoms with van der Waals surface area (Å²) >= 11 is 0. The van der Waals surface area contributed by atoms with E-state index in [0.717, 1.165) is 22.5 Å². The van der Waals surface area contributed by atoms with Gasteiger partial charge in [0.05, 0.1) is 11.9 Å². The predicted molar refractivity (Wildman–Crippen MR) is 149 cm³/mol. The number of rotatable bonds is 13. The molecule has 2 amide bonds. The van der Waals surface area contributed by atoms with Crippen LogP contribution in [0, 0.1) is 5.82 Å². The van der Waals surface area contributed by atoms with Crippen LogP contribution < -0.4 is 14.4 Å². The Labute approximate surface area is 229 Å². The zero-order chi connectivity index (χ0) is 28.4. The topological polar surface area (TPSA) is 96.0 Å². The van der Waals surface area contributed by atoms with Crippen molar-refractivity contribution < 1.29 is 27.1 Å². The summed E-state index contributed by atoms with van der Waals surface area (Å²) in [6.45, 7) is 3.77. The number of hydrogen-bond acceptors (Lipinski definition) is 5. The fourth-order valence-corrected chi connectivity index (χ4v) is 4.68. The summed E-state index contributed by atoms with van der Waals surface area (Å²) in [4.78, 5) is 27.6. The van der Waals surface area contributed by atoms with E-state index in [1.807, 2.05) is 37.3 Å². The molecule has 3 aromatic carbocycles. The van der Waals surface area contributed by atoms with Gasteiger partial charge in [-0.2, -0.15) is 0 Å². The molecule has 3 rings (SSSR count). The van der Waals surface area contributed by atoms with Gasteiger partial charge in [-0.15, -0.1) is 0 Å². The highest BCUT2D eigenvalue weighted by molar-refractivity contribution is 7.92. The van der Waals surface area contributed by atoms with E-state index in [1.54, 1.807) is 31.2 Å². The summed E-state index contributed by atoms with van der Waals surface area (Å²) in [5, 5.41) is 2.77. The average molecular weight is 556 g/mol.